The van der Waals surface area contributed by atoms with E-state index in [0.717, 1.165) is 13.1 Å². The summed E-state index contributed by atoms with van der Waals surface area (Å²) in [5, 5.41) is 3.58. The lowest BCUT2D eigenvalue weighted by Crippen LogP contribution is -2.41. The lowest BCUT2D eigenvalue weighted by Gasteiger charge is -2.33. The average Bonchev–Trinajstić information content (AvgIpc) is 2.36. The van der Waals surface area contributed by atoms with Crippen molar-refractivity contribution in [1.29, 1.82) is 0 Å². The van der Waals surface area contributed by atoms with E-state index in [2.05, 4.69) is 49.2 Å². The fraction of sp³-hybridized carbons (Fsp3) is 0.625. The Balaban J connectivity index is 2.03. The van der Waals surface area contributed by atoms with E-state index < -0.39 is 0 Å². The van der Waals surface area contributed by atoms with Crippen LogP contribution in [-0.2, 0) is 6.42 Å². The van der Waals surface area contributed by atoms with Crippen molar-refractivity contribution in [2.45, 2.75) is 46.1 Å². The van der Waals surface area contributed by atoms with Crippen LogP contribution in [0.4, 0.5) is 5.69 Å². The van der Waals surface area contributed by atoms with E-state index in [1.807, 2.05) is 0 Å². The maximum absolute atomic E-state index is 3.58. The van der Waals surface area contributed by atoms with Crippen LogP contribution in [0.2, 0.25) is 0 Å². The van der Waals surface area contributed by atoms with Crippen LogP contribution >= 0.6 is 0 Å². The SMILES string of the molecule is CCCNC(C)CN1CCCc2cc(C)ccc21. The van der Waals surface area contributed by atoms with Crippen molar-refractivity contribution >= 4 is 5.69 Å². The molecule has 0 radical (unpaired) electrons. The van der Waals surface area contributed by atoms with Gasteiger partial charge in [-0.1, -0.05) is 24.6 Å². The highest BCUT2D eigenvalue weighted by Crippen LogP contribution is 2.27. The van der Waals surface area contributed by atoms with E-state index in [1.54, 1.807) is 0 Å². The van der Waals surface area contributed by atoms with Crippen LogP contribution in [-0.4, -0.2) is 25.7 Å². The average molecular weight is 246 g/mol. The molecule has 1 aromatic carbocycles. The van der Waals surface area contributed by atoms with Crippen LogP contribution < -0.4 is 10.2 Å². The monoisotopic (exact) mass is 246 g/mol. The Hall–Kier alpha value is -1.02. The van der Waals surface area contributed by atoms with Gasteiger partial charge in [0.25, 0.3) is 0 Å². The molecule has 0 aliphatic carbocycles. The van der Waals surface area contributed by atoms with E-state index in [0.29, 0.717) is 6.04 Å². The number of benzene rings is 1. The van der Waals surface area contributed by atoms with E-state index in [4.69, 9.17) is 0 Å². The van der Waals surface area contributed by atoms with Crippen molar-refractivity contribution in [3.8, 4) is 0 Å². The summed E-state index contributed by atoms with van der Waals surface area (Å²) in [6.07, 6.45) is 3.74. The first-order chi connectivity index (χ1) is 8.70. The van der Waals surface area contributed by atoms with Gasteiger partial charge in [0, 0.05) is 24.8 Å². The summed E-state index contributed by atoms with van der Waals surface area (Å²) in [4.78, 5) is 2.55. The standard InChI is InChI=1S/C16H26N2/c1-4-9-17-14(3)12-18-10-5-6-15-11-13(2)7-8-16(15)18/h7-8,11,14,17H,4-6,9-10,12H2,1-3H3. The Morgan fingerprint density at radius 1 is 1.39 bits per heavy atom. The molecule has 0 amide bonds. The first-order valence-corrected chi connectivity index (χ1v) is 7.28. The Labute approximate surface area is 111 Å². The fourth-order valence-electron chi connectivity index (χ4n) is 2.78. The van der Waals surface area contributed by atoms with Gasteiger partial charge in [-0.15, -0.1) is 0 Å². The third kappa shape index (κ3) is 3.26. The molecule has 1 N–H and O–H groups in total. The van der Waals surface area contributed by atoms with Gasteiger partial charge in [-0.05, 0) is 51.3 Å². The molecule has 2 heteroatoms. The quantitative estimate of drug-likeness (QED) is 0.858. The third-order valence-electron chi connectivity index (χ3n) is 3.69. The van der Waals surface area contributed by atoms with Gasteiger partial charge >= 0.3 is 0 Å². The second kappa shape index (κ2) is 6.24. The minimum absolute atomic E-state index is 0.567. The number of rotatable bonds is 5. The third-order valence-corrected chi connectivity index (χ3v) is 3.69. The van der Waals surface area contributed by atoms with Crippen LogP contribution in [0, 0.1) is 6.92 Å². The molecule has 0 spiro atoms. The van der Waals surface area contributed by atoms with Crippen LogP contribution in [0.1, 0.15) is 37.8 Å². The maximum atomic E-state index is 3.58. The van der Waals surface area contributed by atoms with Gasteiger partial charge in [0.15, 0.2) is 0 Å². The second-order valence-electron chi connectivity index (χ2n) is 5.54. The predicted molar refractivity (Wildman–Crippen MR) is 79.5 cm³/mol. The molecule has 2 nitrogen and oxygen atoms in total. The highest BCUT2D eigenvalue weighted by Gasteiger charge is 2.18. The number of hydrogen-bond acceptors (Lipinski definition) is 2. The van der Waals surface area contributed by atoms with Gasteiger partial charge < -0.3 is 10.2 Å². The summed E-state index contributed by atoms with van der Waals surface area (Å²) in [6.45, 7) is 10.1. The summed E-state index contributed by atoms with van der Waals surface area (Å²) < 4.78 is 0. The molecule has 1 heterocycles. The fourth-order valence-corrected chi connectivity index (χ4v) is 2.78. The predicted octanol–water partition coefficient (Wildman–Crippen LogP) is 3.14. The highest BCUT2D eigenvalue weighted by molar-refractivity contribution is 5.56. The van der Waals surface area contributed by atoms with Gasteiger partial charge in [0.05, 0.1) is 0 Å². The van der Waals surface area contributed by atoms with Gasteiger partial charge in [-0.3, -0.25) is 0 Å². The second-order valence-corrected chi connectivity index (χ2v) is 5.54. The molecule has 100 valence electrons. The van der Waals surface area contributed by atoms with Gasteiger partial charge in [-0.2, -0.15) is 0 Å². The molecule has 1 unspecified atom stereocenters. The van der Waals surface area contributed by atoms with Gasteiger partial charge in [0.2, 0.25) is 0 Å². The molecule has 1 atom stereocenters. The summed E-state index contributed by atoms with van der Waals surface area (Å²) in [5.74, 6) is 0. The summed E-state index contributed by atoms with van der Waals surface area (Å²) in [5.41, 5.74) is 4.37. The topological polar surface area (TPSA) is 15.3 Å². The molecule has 2 rings (SSSR count). The van der Waals surface area contributed by atoms with Gasteiger partial charge in [0.1, 0.15) is 0 Å². The zero-order valence-corrected chi connectivity index (χ0v) is 12.0. The molecule has 0 saturated heterocycles. The molecular weight excluding hydrogens is 220 g/mol. The smallest absolute Gasteiger partial charge is 0.0399 e. The van der Waals surface area contributed by atoms with Crippen molar-refractivity contribution in [2.75, 3.05) is 24.5 Å². The Morgan fingerprint density at radius 3 is 3.00 bits per heavy atom. The summed E-state index contributed by atoms with van der Waals surface area (Å²) >= 11 is 0. The lowest BCUT2D eigenvalue weighted by atomic mass is 9.99. The zero-order chi connectivity index (χ0) is 13.0. The zero-order valence-electron chi connectivity index (χ0n) is 12.0. The molecule has 0 bridgehead atoms. The molecule has 1 aromatic rings. The molecular formula is C16H26N2. The van der Waals surface area contributed by atoms with Crippen LogP contribution in [0.5, 0.6) is 0 Å². The molecule has 1 aliphatic heterocycles. The van der Waals surface area contributed by atoms with Crippen molar-refractivity contribution < 1.29 is 0 Å². The van der Waals surface area contributed by atoms with Crippen molar-refractivity contribution in [1.82, 2.24) is 5.32 Å². The van der Waals surface area contributed by atoms with Gasteiger partial charge in [-0.25, -0.2) is 0 Å². The summed E-state index contributed by atoms with van der Waals surface area (Å²) in [6, 6.07) is 7.46. The maximum Gasteiger partial charge on any atom is 0.0399 e. The minimum atomic E-state index is 0.567. The Bertz CT molecular complexity index is 387. The first-order valence-electron chi connectivity index (χ1n) is 7.28. The highest BCUT2D eigenvalue weighted by atomic mass is 15.2. The van der Waals surface area contributed by atoms with Crippen LogP contribution in [0.25, 0.3) is 0 Å². The molecule has 18 heavy (non-hydrogen) atoms. The lowest BCUT2D eigenvalue weighted by molar-refractivity contribution is 0.524. The number of aryl methyl sites for hydroxylation is 2. The number of nitrogens with one attached hydrogen (secondary N) is 1. The Morgan fingerprint density at radius 2 is 2.22 bits per heavy atom. The van der Waals surface area contributed by atoms with E-state index in [9.17, 15) is 0 Å². The first kappa shape index (κ1) is 13.4. The number of hydrogen-bond donors (Lipinski definition) is 1. The summed E-state index contributed by atoms with van der Waals surface area (Å²) in [7, 11) is 0. The molecule has 0 aromatic heterocycles. The van der Waals surface area contributed by atoms with E-state index >= 15 is 0 Å². The van der Waals surface area contributed by atoms with Crippen LogP contribution in [0.3, 0.4) is 0 Å². The number of nitrogens with zero attached hydrogens (tertiary/aromatic N) is 1. The normalized spacial score (nSPS) is 16.5. The molecule has 0 fully saturated rings. The molecule has 0 saturated carbocycles. The van der Waals surface area contributed by atoms with Crippen molar-refractivity contribution in [3.05, 3.63) is 29.3 Å². The number of fused-ring (bicyclic) bond motifs is 1. The largest absolute Gasteiger partial charge is 0.370 e. The van der Waals surface area contributed by atoms with Crippen molar-refractivity contribution in [2.24, 2.45) is 0 Å². The Kier molecular flexibility index (Phi) is 4.65. The number of anilines is 1. The van der Waals surface area contributed by atoms with Crippen LogP contribution in [0.15, 0.2) is 18.2 Å². The van der Waals surface area contributed by atoms with Crippen molar-refractivity contribution in [3.63, 3.8) is 0 Å². The minimum Gasteiger partial charge on any atom is -0.370 e. The molecule has 1 aliphatic rings. The van der Waals surface area contributed by atoms with E-state index in [1.165, 1.54) is 42.6 Å². The van der Waals surface area contributed by atoms with E-state index in [-0.39, 0.29) is 0 Å².